The van der Waals surface area contributed by atoms with E-state index in [1.165, 1.54) is 0 Å². The molecule has 0 unspecified atom stereocenters. The maximum atomic E-state index is 11.8. The molecular weight excluding hydrogens is 258 g/mol. The number of anilines is 1. The lowest BCUT2D eigenvalue weighted by Crippen LogP contribution is -2.41. The lowest BCUT2D eigenvalue weighted by atomic mass is 9.86. The number of hydrogen-bond acceptors (Lipinski definition) is 3. The van der Waals surface area contributed by atoms with E-state index >= 15 is 0 Å². The number of aliphatic carboxylic acids is 1. The molecule has 0 aliphatic heterocycles. The molecule has 0 radical (unpaired) electrons. The summed E-state index contributed by atoms with van der Waals surface area (Å²) in [5, 5.41) is 14.6. The molecule has 2 amide bonds. The first-order chi connectivity index (χ1) is 9.54. The van der Waals surface area contributed by atoms with E-state index in [1.54, 1.807) is 18.3 Å². The van der Waals surface area contributed by atoms with Crippen LogP contribution in [-0.2, 0) is 4.79 Å². The molecule has 1 saturated carbocycles. The predicted octanol–water partition coefficient (Wildman–Crippen LogP) is 2.15. The highest BCUT2D eigenvalue weighted by atomic mass is 16.4. The Morgan fingerprint density at radius 2 is 2.00 bits per heavy atom. The van der Waals surface area contributed by atoms with Gasteiger partial charge in [-0.2, -0.15) is 0 Å². The molecule has 3 N–H and O–H groups in total. The summed E-state index contributed by atoms with van der Waals surface area (Å²) in [6.07, 6.45) is 4.30. The lowest BCUT2D eigenvalue weighted by Gasteiger charge is -2.26. The van der Waals surface area contributed by atoms with Crippen molar-refractivity contribution in [3.8, 4) is 0 Å². The summed E-state index contributed by atoms with van der Waals surface area (Å²) < 4.78 is 0. The van der Waals surface area contributed by atoms with Crippen LogP contribution in [0.15, 0.2) is 18.3 Å². The molecule has 0 spiro atoms. The van der Waals surface area contributed by atoms with Crippen LogP contribution in [-0.4, -0.2) is 28.1 Å². The average Bonchev–Trinajstić information content (AvgIpc) is 2.39. The quantitative estimate of drug-likeness (QED) is 0.789. The average molecular weight is 277 g/mol. The number of carboxylic acid groups (broad SMARTS) is 1. The Hall–Kier alpha value is -2.11. The van der Waals surface area contributed by atoms with Crippen LogP contribution in [0.4, 0.5) is 10.5 Å². The van der Waals surface area contributed by atoms with E-state index in [0.29, 0.717) is 31.4 Å². The zero-order valence-corrected chi connectivity index (χ0v) is 11.4. The van der Waals surface area contributed by atoms with Crippen molar-refractivity contribution in [2.75, 3.05) is 5.32 Å². The highest BCUT2D eigenvalue weighted by molar-refractivity contribution is 5.89. The molecule has 20 heavy (non-hydrogen) atoms. The molecule has 0 bridgehead atoms. The number of carbonyl (C=O) groups excluding carboxylic acids is 1. The number of carboxylic acids is 1. The fourth-order valence-corrected chi connectivity index (χ4v) is 2.46. The topological polar surface area (TPSA) is 91.3 Å². The smallest absolute Gasteiger partial charge is 0.319 e. The molecule has 0 saturated heterocycles. The van der Waals surface area contributed by atoms with Crippen molar-refractivity contribution in [1.29, 1.82) is 0 Å². The van der Waals surface area contributed by atoms with Gasteiger partial charge in [0, 0.05) is 23.6 Å². The minimum atomic E-state index is -0.736. The number of nitrogens with one attached hydrogen (secondary N) is 2. The van der Waals surface area contributed by atoms with Gasteiger partial charge in [-0.15, -0.1) is 0 Å². The minimum absolute atomic E-state index is 0.0496. The number of pyridine rings is 1. The van der Waals surface area contributed by atoms with Gasteiger partial charge in [-0.25, -0.2) is 4.79 Å². The van der Waals surface area contributed by atoms with E-state index in [4.69, 9.17) is 5.11 Å². The van der Waals surface area contributed by atoms with Gasteiger partial charge in [0.25, 0.3) is 0 Å². The summed E-state index contributed by atoms with van der Waals surface area (Å²) in [6, 6.07) is 3.32. The predicted molar refractivity (Wildman–Crippen MR) is 74.5 cm³/mol. The van der Waals surface area contributed by atoms with Crippen LogP contribution in [0.2, 0.25) is 0 Å². The standard InChI is InChI=1S/C14H19N3O3/c1-9-8-12(6-7-15-9)17-14(20)16-11-4-2-10(3-5-11)13(18)19/h6-8,10-11H,2-5H2,1H3,(H,18,19)(H2,15,16,17,20). The Morgan fingerprint density at radius 3 is 2.60 bits per heavy atom. The summed E-state index contributed by atoms with van der Waals surface area (Å²) in [6.45, 7) is 1.86. The van der Waals surface area contributed by atoms with E-state index < -0.39 is 5.97 Å². The van der Waals surface area contributed by atoms with Crippen LogP contribution in [0.5, 0.6) is 0 Å². The van der Waals surface area contributed by atoms with Gasteiger partial charge in [0.2, 0.25) is 0 Å². The number of rotatable bonds is 3. The summed E-state index contributed by atoms with van der Waals surface area (Å²) in [4.78, 5) is 26.8. The second kappa shape index (κ2) is 6.36. The monoisotopic (exact) mass is 277 g/mol. The van der Waals surface area contributed by atoms with Crippen LogP contribution in [0.3, 0.4) is 0 Å². The number of aryl methyl sites for hydroxylation is 1. The van der Waals surface area contributed by atoms with Gasteiger partial charge in [0.1, 0.15) is 0 Å². The molecule has 1 aromatic rings. The Bertz CT molecular complexity index is 496. The van der Waals surface area contributed by atoms with Crippen LogP contribution in [0.1, 0.15) is 31.4 Å². The van der Waals surface area contributed by atoms with Gasteiger partial charge in [0.15, 0.2) is 0 Å². The zero-order chi connectivity index (χ0) is 14.5. The van der Waals surface area contributed by atoms with E-state index in [0.717, 1.165) is 5.69 Å². The molecule has 6 nitrogen and oxygen atoms in total. The number of hydrogen-bond donors (Lipinski definition) is 3. The fraction of sp³-hybridized carbons (Fsp3) is 0.500. The van der Waals surface area contributed by atoms with Crippen molar-refractivity contribution < 1.29 is 14.7 Å². The first-order valence-electron chi connectivity index (χ1n) is 6.77. The summed E-state index contributed by atoms with van der Waals surface area (Å²) in [7, 11) is 0. The highest BCUT2D eigenvalue weighted by Gasteiger charge is 2.26. The van der Waals surface area contributed by atoms with Crippen molar-refractivity contribution in [3.63, 3.8) is 0 Å². The van der Waals surface area contributed by atoms with Gasteiger partial charge >= 0.3 is 12.0 Å². The van der Waals surface area contributed by atoms with Crippen molar-refractivity contribution in [2.24, 2.45) is 5.92 Å². The third kappa shape index (κ3) is 3.94. The largest absolute Gasteiger partial charge is 0.481 e. The molecule has 1 aliphatic rings. The summed E-state index contributed by atoms with van der Waals surface area (Å²) >= 11 is 0. The Balaban J connectivity index is 1.80. The minimum Gasteiger partial charge on any atom is -0.481 e. The Morgan fingerprint density at radius 1 is 1.30 bits per heavy atom. The maximum Gasteiger partial charge on any atom is 0.319 e. The van der Waals surface area contributed by atoms with Gasteiger partial charge in [-0.3, -0.25) is 9.78 Å². The Kier molecular flexibility index (Phi) is 4.55. The van der Waals surface area contributed by atoms with Crippen molar-refractivity contribution in [1.82, 2.24) is 10.3 Å². The third-order valence-electron chi connectivity index (χ3n) is 3.57. The lowest BCUT2D eigenvalue weighted by molar-refractivity contribution is -0.142. The molecule has 0 atom stereocenters. The third-order valence-corrected chi connectivity index (χ3v) is 3.57. The van der Waals surface area contributed by atoms with Gasteiger partial charge in [-0.05, 0) is 44.7 Å². The van der Waals surface area contributed by atoms with Gasteiger partial charge in [-0.1, -0.05) is 0 Å². The second-order valence-corrected chi connectivity index (χ2v) is 5.17. The van der Waals surface area contributed by atoms with Crippen LogP contribution < -0.4 is 10.6 Å². The first-order valence-corrected chi connectivity index (χ1v) is 6.77. The van der Waals surface area contributed by atoms with E-state index in [-0.39, 0.29) is 18.0 Å². The molecule has 6 heteroatoms. The summed E-state index contributed by atoms with van der Waals surface area (Å²) in [5.41, 5.74) is 1.54. The molecule has 1 aromatic heterocycles. The zero-order valence-electron chi connectivity index (χ0n) is 11.4. The van der Waals surface area contributed by atoms with Crippen LogP contribution >= 0.6 is 0 Å². The number of nitrogens with zero attached hydrogens (tertiary/aromatic N) is 1. The van der Waals surface area contributed by atoms with Gasteiger partial charge < -0.3 is 15.7 Å². The van der Waals surface area contributed by atoms with E-state index in [9.17, 15) is 9.59 Å². The molecule has 1 heterocycles. The fourth-order valence-electron chi connectivity index (χ4n) is 2.46. The highest BCUT2D eigenvalue weighted by Crippen LogP contribution is 2.24. The van der Waals surface area contributed by atoms with E-state index in [2.05, 4.69) is 15.6 Å². The molecular formula is C14H19N3O3. The molecule has 108 valence electrons. The maximum absolute atomic E-state index is 11.8. The molecule has 1 aliphatic carbocycles. The first kappa shape index (κ1) is 14.3. The van der Waals surface area contributed by atoms with Crippen LogP contribution in [0.25, 0.3) is 0 Å². The molecule has 1 fully saturated rings. The van der Waals surface area contributed by atoms with Crippen molar-refractivity contribution in [3.05, 3.63) is 24.0 Å². The second-order valence-electron chi connectivity index (χ2n) is 5.17. The Labute approximate surface area is 117 Å². The van der Waals surface area contributed by atoms with Crippen molar-refractivity contribution >= 4 is 17.7 Å². The van der Waals surface area contributed by atoms with Crippen molar-refractivity contribution in [2.45, 2.75) is 38.6 Å². The molecule has 2 rings (SSSR count). The molecule has 0 aromatic carbocycles. The SMILES string of the molecule is Cc1cc(NC(=O)NC2CCC(C(=O)O)CC2)ccn1. The van der Waals surface area contributed by atoms with E-state index in [1.807, 2.05) is 6.92 Å². The number of amides is 2. The summed E-state index contributed by atoms with van der Waals surface area (Å²) in [5.74, 6) is -1.00. The number of aromatic nitrogens is 1. The van der Waals surface area contributed by atoms with Crippen LogP contribution in [0, 0.1) is 12.8 Å². The van der Waals surface area contributed by atoms with Gasteiger partial charge in [0.05, 0.1) is 5.92 Å². The number of urea groups is 1. The number of carbonyl (C=O) groups is 2. The normalized spacial score (nSPS) is 22.1.